The highest BCUT2D eigenvalue weighted by Gasteiger charge is 2.83. The van der Waals surface area contributed by atoms with E-state index in [0.29, 0.717) is 11.1 Å². The van der Waals surface area contributed by atoms with Crippen molar-refractivity contribution >= 4 is 85.5 Å². The molecule has 0 bridgehead atoms. The van der Waals surface area contributed by atoms with Gasteiger partial charge in [-0.15, -0.1) is 6.58 Å². The van der Waals surface area contributed by atoms with Crippen LogP contribution in [-0.2, 0) is 11.3 Å². The number of rotatable bonds is 12. The summed E-state index contributed by atoms with van der Waals surface area (Å²) in [6.07, 6.45) is -25.8. The number of halogens is 21. The summed E-state index contributed by atoms with van der Waals surface area (Å²) in [6, 6.07) is 22.4. The lowest BCUT2D eigenvalue weighted by molar-refractivity contribution is -0.389. The fraction of sp³-hybridized carbons (Fsp3) is 0.190. The first kappa shape index (κ1) is 74.7. The molecule has 2 unspecified atom stereocenters. The molecular weight excluding hydrogens is 1380 g/mol. The second-order valence-electron chi connectivity index (χ2n) is 18.5. The highest BCUT2D eigenvalue weighted by atomic mass is 79.9. The monoisotopic (exact) mass is 1410 g/mol. The van der Waals surface area contributed by atoms with Gasteiger partial charge in [-0.2, -0.15) is 96.6 Å². The van der Waals surface area contributed by atoms with Crippen LogP contribution in [-0.4, -0.2) is 60.2 Å². The molecule has 0 fully saturated rings. The van der Waals surface area contributed by atoms with Crippen LogP contribution in [0.5, 0.6) is 0 Å². The van der Waals surface area contributed by atoms with Crippen LogP contribution in [0.2, 0.25) is 10.0 Å². The maximum atomic E-state index is 14.9. The Balaban J connectivity index is 0.000000376. The summed E-state index contributed by atoms with van der Waals surface area (Å²) in [5.41, 5.74) is -19.7. The van der Waals surface area contributed by atoms with Gasteiger partial charge in [0.25, 0.3) is 23.6 Å². The molecule has 6 aromatic carbocycles. The normalized spacial score (nSPS) is 12.9. The van der Waals surface area contributed by atoms with Crippen LogP contribution >= 0.6 is 39.1 Å². The molecule has 0 spiro atoms. The highest BCUT2D eigenvalue weighted by Crippen LogP contribution is 2.60. The number of nitrogens with one attached hydrogen (secondary N) is 4. The quantitative estimate of drug-likeness (QED) is 0.0673. The van der Waals surface area contributed by atoms with Crippen LogP contribution in [0.3, 0.4) is 0 Å². The van der Waals surface area contributed by atoms with E-state index in [-0.39, 0.29) is 80.1 Å². The van der Waals surface area contributed by atoms with Gasteiger partial charge in [-0.3, -0.25) is 19.2 Å². The number of amides is 4. The molecular formula is C58H32BrCl2F18N9O4. The molecule has 34 heteroatoms. The molecule has 6 rings (SSSR count). The number of carbonyl (C=O) groups is 4. The molecule has 0 aliphatic heterocycles. The Morgan fingerprint density at radius 1 is 0.446 bits per heavy atom. The van der Waals surface area contributed by atoms with E-state index in [9.17, 15) is 114 Å². The van der Waals surface area contributed by atoms with Gasteiger partial charge in [-0.05, 0) is 145 Å². The summed E-state index contributed by atoms with van der Waals surface area (Å²) in [4.78, 5) is 51.6. The van der Waals surface area contributed by atoms with Crippen molar-refractivity contribution in [1.29, 1.82) is 26.3 Å². The van der Waals surface area contributed by atoms with Crippen molar-refractivity contribution in [2.24, 2.45) is 0 Å². The molecule has 0 aliphatic carbocycles. The number of carbonyl (C=O) groups excluding carboxylic acids is 4. The number of aryl methyl sites for hydroxylation is 2. The molecule has 480 valence electrons. The van der Waals surface area contributed by atoms with E-state index in [4.69, 9.17) is 33.7 Å². The molecule has 0 saturated carbocycles. The van der Waals surface area contributed by atoms with Crippen LogP contribution < -0.4 is 21.3 Å². The fourth-order valence-electron chi connectivity index (χ4n) is 7.85. The Morgan fingerprint density at radius 3 is 1.09 bits per heavy atom. The summed E-state index contributed by atoms with van der Waals surface area (Å²) >= 11 is 14.2. The van der Waals surface area contributed by atoms with Gasteiger partial charge in [0.15, 0.2) is 0 Å². The number of allylic oxidation sites excluding steroid dienone is 1. The van der Waals surface area contributed by atoms with Gasteiger partial charge in [-0.25, -0.2) is 8.78 Å². The average Bonchev–Trinajstić information content (AvgIpc) is 0.728. The van der Waals surface area contributed by atoms with Crippen molar-refractivity contribution in [1.82, 2.24) is 0 Å². The predicted octanol–water partition coefficient (Wildman–Crippen LogP) is 17.5. The molecule has 0 radical (unpaired) electrons. The first-order chi connectivity index (χ1) is 42.3. The number of hydrogen-bond donors (Lipinski definition) is 4. The minimum Gasteiger partial charge on any atom is -0.321 e. The molecule has 92 heavy (non-hydrogen) atoms. The van der Waals surface area contributed by atoms with Gasteiger partial charge in [0.1, 0.15) is 18.2 Å². The zero-order chi connectivity index (χ0) is 70.2. The molecule has 6 aromatic rings. The van der Waals surface area contributed by atoms with Crippen molar-refractivity contribution in [2.45, 2.75) is 68.7 Å². The van der Waals surface area contributed by atoms with E-state index < -0.39 is 114 Å². The molecule has 2 atom stereocenters. The minimum absolute atomic E-state index is 0.0427. The number of hydrogen-bond acceptors (Lipinski definition) is 9. The topological polar surface area (TPSA) is 235 Å². The van der Waals surface area contributed by atoms with Crippen LogP contribution in [0, 0.1) is 70.5 Å². The van der Waals surface area contributed by atoms with E-state index in [1.165, 1.54) is 43.3 Å². The predicted molar refractivity (Wildman–Crippen MR) is 297 cm³/mol. The Labute approximate surface area is 524 Å². The van der Waals surface area contributed by atoms with E-state index in [0.717, 1.165) is 42.5 Å². The number of anilines is 4. The Kier molecular flexibility index (Phi) is 22.8. The zero-order valence-electron chi connectivity index (χ0n) is 45.8. The Bertz CT molecular complexity index is 4140. The SMILES string of the molecule is C=CC.Cc1cc(C#N)ccc1C(=O)Nc1cc(C(=O)Nc2c(Cl)cc(C(F)(C(F)(F)F)C(F)(F)C(F)(F)F)cc2Br)ccc1C#N.Cc1cc(C#N)ccc1C(=O)Nc1cc(C(=O)Nc2c(Cl)cc(C(F)(C(F)(F)F)C(F)(F)C(F)(F)F)cc2C#N)ccc1C#N. The molecule has 4 N–H and O–H groups in total. The summed E-state index contributed by atoms with van der Waals surface area (Å²) in [7, 11) is 0. The smallest absolute Gasteiger partial charge is 0.321 e. The van der Waals surface area contributed by atoms with E-state index in [2.05, 4.69) is 38.5 Å². The molecule has 0 aliphatic rings. The second kappa shape index (κ2) is 28.1. The van der Waals surface area contributed by atoms with E-state index in [1.807, 2.05) is 24.4 Å². The maximum absolute atomic E-state index is 14.9. The summed E-state index contributed by atoms with van der Waals surface area (Å²) < 4.78 is 242. The highest BCUT2D eigenvalue weighted by molar-refractivity contribution is 9.10. The summed E-state index contributed by atoms with van der Waals surface area (Å²) in [6.45, 7) is 8.32. The Morgan fingerprint density at radius 2 is 0.783 bits per heavy atom. The van der Waals surface area contributed by atoms with Crippen LogP contribution in [0.15, 0.2) is 114 Å². The molecule has 4 amide bonds. The van der Waals surface area contributed by atoms with E-state index >= 15 is 0 Å². The Hall–Kier alpha value is -9.81. The lowest BCUT2D eigenvalue weighted by Crippen LogP contribution is -2.59. The molecule has 13 nitrogen and oxygen atoms in total. The van der Waals surface area contributed by atoms with Gasteiger partial charge >= 0.3 is 47.9 Å². The van der Waals surface area contributed by atoms with Crippen LogP contribution in [0.4, 0.5) is 102 Å². The first-order valence-electron chi connectivity index (χ1n) is 24.4. The van der Waals surface area contributed by atoms with Gasteiger partial charge in [0, 0.05) is 37.9 Å². The fourth-order valence-corrected chi connectivity index (χ4v) is 9.05. The number of nitriles is 5. The van der Waals surface area contributed by atoms with Crippen molar-refractivity contribution in [2.75, 3.05) is 21.3 Å². The third-order valence-corrected chi connectivity index (χ3v) is 13.6. The van der Waals surface area contributed by atoms with Gasteiger partial charge in [-0.1, -0.05) is 29.3 Å². The molecule has 0 aromatic heterocycles. The van der Waals surface area contributed by atoms with E-state index in [1.54, 1.807) is 25.1 Å². The van der Waals surface area contributed by atoms with Crippen molar-refractivity contribution < 1.29 is 98.2 Å². The van der Waals surface area contributed by atoms with Gasteiger partial charge in [0.05, 0.1) is 72.8 Å². The molecule has 0 heterocycles. The summed E-state index contributed by atoms with van der Waals surface area (Å²) in [5.74, 6) is -17.8. The maximum Gasteiger partial charge on any atom is 0.457 e. The van der Waals surface area contributed by atoms with Crippen molar-refractivity contribution in [3.63, 3.8) is 0 Å². The zero-order valence-corrected chi connectivity index (χ0v) is 48.9. The van der Waals surface area contributed by atoms with Crippen molar-refractivity contribution in [3.8, 4) is 30.3 Å². The standard InChI is InChI=1S/C28H13ClF9N5O2.C27H13BrClF9N4O2.C3H6/c1-13-6-14(10-39)2-5-19(13)24(45)42-21-8-15(3-4-16(21)11-40)23(44)43-22-17(12-41)7-18(9-20(22)29)25(30,27(33,34)35)26(31,32)28(36,37)38;1-12-6-13(10-39)2-5-17(12)23(44)41-20-7-14(3-4-15(20)11-40)22(43)42-21-18(28)8-16(9-19(21)29)24(30,26(33,34)35)25(31,32)27(36,37)38;1-3-2/h2-9H,1H3,(H,42,45)(H,43,44);2-9H,1H3,(H,41,44)(H,42,43);3H,1H2,2H3. The third-order valence-electron chi connectivity index (χ3n) is 12.4. The third kappa shape index (κ3) is 15.1. The summed E-state index contributed by atoms with van der Waals surface area (Å²) in [5, 5.41) is 52.9. The largest absolute Gasteiger partial charge is 0.457 e. The first-order valence-corrected chi connectivity index (χ1v) is 25.9. The lowest BCUT2D eigenvalue weighted by Gasteiger charge is -2.36. The van der Waals surface area contributed by atoms with Gasteiger partial charge in [0.2, 0.25) is 0 Å². The van der Waals surface area contributed by atoms with Crippen LogP contribution in [0.1, 0.15) is 98.4 Å². The lowest BCUT2D eigenvalue weighted by atomic mass is 9.86. The number of nitrogens with zero attached hydrogens (tertiary/aromatic N) is 5. The average molecular weight is 1410 g/mol. The van der Waals surface area contributed by atoms with Crippen molar-refractivity contribution in [3.05, 3.63) is 197 Å². The minimum atomic E-state index is -7.03. The number of alkyl halides is 18. The second-order valence-corrected chi connectivity index (χ2v) is 20.2. The van der Waals surface area contributed by atoms with Gasteiger partial charge < -0.3 is 21.3 Å². The molecule has 0 saturated heterocycles. The number of benzene rings is 6. The van der Waals surface area contributed by atoms with Crippen LogP contribution in [0.25, 0.3) is 0 Å².